The molecule has 0 amide bonds. The molecular formula is C16H32Si2. The van der Waals surface area contributed by atoms with Crippen LogP contribution in [0.2, 0.25) is 49.9 Å². The summed E-state index contributed by atoms with van der Waals surface area (Å²) in [5.74, 6) is 0. The maximum absolute atomic E-state index is 2.56. The second kappa shape index (κ2) is 4.48. The minimum atomic E-state index is -1.26. The average molecular weight is 281 g/mol. The molecule has 0 aliphatic heterocycles. The standard InChI is InChI=1S/C16H32Si2/c1-12-11-13(2)16(4,18(8,9)10)15(14(12)3)17(5,6)7/h11,15H,1-10H3. The molecule has 2 unspecified atom stereocenters. The summed E-state index contributed by atoms with van der Waals surface area (Å²) >= 11 is 0. The van der Waals surface area contributed by atoms with Gasteiger partial charge in [0.05, 0.1) is 16.1 Å². The van der Waals surface area contributed by atoms with Crippen molar-refractivity contribution in [2.24, 2.45) is 0 Å². The highest BCUT2D eigenvalue weighted by atomic mass is 28.3. The van der Waals surface area contributed by atoms with Crippen molar-refractivity contribution >= 4 is 16.1 Å². The molecule has 0 fully saturated rings. The molecule has 0 N–H and O–H groups in total. The van der Waals surface area contributed by atoms with Gasteiger partial charge in [0.15, 0.2) is 0 Å². The Labute approximate surface area is 117 Å². The van der Waals surface area contributed by atoms with Crippen LogP contribution >= 0.6 is 0 Å². The Kier molecular flexibility index (Phi) is 3.98. The minimum absolute atomic E-state index is 0.432. The Morgan fingerprint density at radius 1 is 0.944 bits per heavy atom. The van der Waals surface area contributed by atoms with Crippen LogP contribution in [0.3, 0.4) is 0 Å². The smallest absolute Gasteiger partial charge is 0.0553 e. The molecule has 18 heavy (non-hydrogen) atoms. The molecule has 104 valence electrons. The van der Waals surface area contributed by atoms with Gasteiger partial charge in [0.25, 0.3) is 0 Å². The van der Waals surface area contributed by atoms with Crippen LogP contribution in [0.15, 0.2) is 22.8 Å². The second-order valence-electron chi connectivity index (χ2n) is 8.44. The van der Waals surface area contributed by atoms with Gasteiger partial charge in [-0.3, -0.25) is 0 Å². The van der Waals surface area contributed by atoms with Gasteiger partial charge in [-0.25, -0.2) is 0 Å². The lowest BCUT2D eigenvalue weighted by molar-refractivity contribution is 0.631. The quantitative estimate of drug-likeness (QED) is 0.537. The third-order valence-corrected chi connectivity index (χ3v) is 12.1. The van der Waals surface area contributed by atoms with E-state index in [1.165, 1.54) is 5.57 Å². The second-order valence-corrected chi connectivity index (χ2v) is 19.3. The molecule has 0 aromatic carbocycles. The first-order valence-electron chi connectivity index (χ1n) is 7.19. The van der Waals surface area contributed by atoms with E-state index in [-0.39, 0.29) is 0 Å². The largest absolute Gasteiger partial charge is 0.0695 e. The van der Waals surface area contributed by atoms with E-state index in [4.69, 9.17) is 0 Å². The molecule has 0 aromatic rings. The fourth-order valence-electron chi connectivity index (χ4n) is 4.02. The molecular weight excluding hydrogens is 248 g/mol. The van der Waals surface area contributed by atoms with Crippen LogP contribution in [-0.4, -0.2) is 16.1 Å². The highest BCUT2D eigenvalue weighted by molar-refractivity contribution is 6.85. The lowest BCUT2D eigenvalue weighted by atomic mass is 9.84. The van der Waals surface area contributed by atoms with Crippen molar-refractivity contribution in [3.05, 3.63) is 22.8 Å². The minimum Gasteiger partial charge on any atom is -0.0695 e. The third kappa shape index (κ3) is 2.34. The van der Waals surface area contributed by atoms with Crippen LogP contribution < -0.4 is 0 Å². The molecule has 0 heterocycles. The third-order valence-electron chi connectivity index (χ3n) is 5.31. The van der Waals surface area contributed by atoms with E-state index in [0.29, 0.717) is 5.04 Å². The topological polar surface area (TPSA) is 0 Å². The summed E-state index contributed by atoms with van der Waals surface area (Å²) in [5.41, 5.74) is 5.64. The zero-order valence-electron chi connectivity index (χ0n) is 14.2. The van der Waals surface area contributed by atoms with Crippen LogP contribution in [0.5, 0.6) is 0 Å². The first-order chi connectivity index (χ1) is 7.83. The SMILES string of the molecule is CC1=CC(C)=C(C)C([Si](C)(C)C)C1(C)[Si](C)(C)C. The molecule has 0 bridgehead atoms. The van der Waals surface area contributed by atoms with E-state index in [2.05, 4.69) is 73.1 Å². The summed E-state index contributed by atoms with van der Waals surface area (Å²) < 4.78 is 0. The molecule has 1 aliphatic rings. The Morgan fingerprint density at radius 3 is 1.72 bits per heavy atom. The first kappa shape index (κ1) is 16.0. The van der Waals surface area contributed by atoms with Crippen molar-refractivity contribution in [1.82, 2.24) is 0 Å². The highest BCUT2D eigenvalue weighted by Gasteiger charge is 2.52. The van der Waals surface area contributed by atoms with Gasteiger partial charge in [-0.1, -0.05) is 69.0 Å². The molecule has 2 heteroatoms. The van der Waals surface area contributed by atoms with Crippen LogP contribution in [0, 0.1) is 0 Å². The number of hydrogen-bond acceptors (Lipinski definition) is 0. The molecule has 0 spiro atoms. The molecule has 0 aromatic heterocycles. The Hall–Kier alpha value is -0.0862. The number of hydrogen-bond donors (Lipinski definition) is 0. The van der Waals surface area contributed by atoms with Gasteiger partial charge in [0.2, 0.25) is 0 Å². The van der Waals surface area contributed by atoms with E-state index in [9.17, 15) is 0 Å². The van der Waals surface area contributed by atoms with Crippen molar-refractivity contribution in [2.45, 2.75) is 77.6 Å². The zero-order chi connectivity index (χ0) is 14.5. The average Bonchev–Trinajstić information content (AvgIpc) is 2.11. The zero-order valence-corrected chi connectivity index (χ0v) is 16.2. The maximum Gasteiger partial charge on any atom is 0.0553 e. The Bertz CT molecular complexity index is 402. The van der Waals surface area contributed by atoms with Gasteiger partial charge in [0.1, 0.15) is 0 Å². The Balaban J connectivity index is 3.55. The van der Waals surface area contributed by atoms with Crippen molar-refractivity contribution in [2.75, 3.05) is 0 Å². The summed E-state index contributed by atoms with van der Waals surface area (Å²) in [5, 5.41) is 0.432. The summed E-state index contributed by atoms with van der Waals surface area (Å²) in [4.78, 5) is 0. The lowest BCUT2D eigenvalue weighted by Crippen LogP contribution is -2.50. The van der Waals surface area contributed by atoms with Gasteiger partial charge in [0, 0.05) is 0 Å². The molecule has 1 aliphatic carbocycles. The van der Waals surface area contributed by atoms with E-state index in [1.54, 1.807) is 11.1 Å². The molecule has 2 atom stereocenters. The fraction of sp³-hybridized carbons (Fsp3) is 0.750. The van der Waals surface area contributed by atoms with Gasteiger partial charge in [-0.2, -0.15) is 0 Å². The number of rotatable bonds is 2. The van der Waals surface area contributed by atoms with Gasteiger partial charge in [-0.05, 0) is 31.4 Å². The van der Waals surface area contributed by atoms with Crippen LogP contribution in [-0.2, 0) is 0 Å². The monoisotopic (exact) mass is 280 g/mol. The van der Waals surface area contributed by atoms with E-state index < -0.39 is 16.1 Å². The van der Waals surface area contributed by atoms with Gasteiger partial charge >= 0.3 is 0 Å². The van der Waals surface area contributed by atoms with Crippen molar-refractivity contribution in [3.8, 4) is 0 Å². The van der Waals surface area contributed by atoms with Crippen LogP contribution in [0.4, 0.5) is 0 Å². The lowest BCUT2D eigenvalue weighted by Gasteiger charge is -2.54. The van der Waals surface area contributed by atoms with E-state index in [0.717, 1.165) is 5.54 Å². The van der Waals surface area contributed by atoms with Gasteiger partial charge < -0.3 is 0 Å². The summed E-state index contributed by atoms with van der Waals surface area (Å²) in [6.45, 7) is 24.9. The Morgan fingerprint density at radius 2 is 1.39 bits per heavy atom. The predicted molar refractivity (Wildman–Crippen MR) is 90.9 cm³/mol. The normalized spacial score (nSPS) is 30.6. The van der Waals surface area contributed by atoms with Crippen molar-refractivity contribution in [3.63, 3.8) is 0 Å². The van der Waals surface area contributed by atoms with Crippen molar-refractivity contribution < 1.29 is 0 Å². The number of allylic oxidation sites excluding steroid dienone is 4. The first-order valence-corrected chi connectivity index (χ1v) is 14.3. The molecule has 0 saturated heterocycles. The molecule has 0 nitrogen and oxygen atoms in total. The predicted octanol–water partition coefficient (Wildman–Crippen LogP) is 6.09. The van der Waals surface area contributed by atoms with E-state index in [1.807, 2.05) is 0 Å². The summed E-state index contributed by atoms with van der Waals surface area (Å²) in [6, 6.07) is 0. The van der Waals surface area contributed by atoms with Gasteiger partial charge in [-0.15, -0.1) is 0 Å². The molecule has 0 radical (unpaired) electrons. The summed E-state index contributed by atoms with van der Waals surface area (Å²) in [7, 11) is -2.47. The van der Waals surface area contributed by atoms with E-state index >= 15 is 0 Å². The van der Waals surface area contributed by atoms with Crippen LogP contribution in [0.1, 0.15) is 27.7 Å². The molecule has 0 saturated carbocycles. The summed E-state index contributed by atoms with van der Waals surface area (Å²) in [6.07, 6.45) is 2.46. The highest BCUT2D eigenvalue weighted by Crippen LogP contribution is 2.62. The maximum atomic E-state index is 2.56. The fourth-order valence-corrected chi connectivity index (χ4v) is 12.4. The van der Waals surface area contributed by atoms with Crippen molar-refractivity contribution in [1.29, 1.82) is 0 Å². The van der Waals surface area contributed by atoms with Crippen LogP contribution in [0.25, 0.3) is 0 Å². The molecule has 1 rings (SSSR count).